The van der Waals surface area contributed by atoms with Gasteiger partial charge >= 0.3 is 5.69 Å². The van der Waals surface area contributed by atoms with Gasteiger partial charge in [0.2, 0.25) is 11.8 Å². The highest BCUT2D eigenvalue weighted by Gasteiger charge is 2.47. The van der Waals surface area contributed by atoms with Crippen LogP contribution in [0.15, 0.2) is 21.9 Å². The van der Waals surface area contributed by atoms with E-state index in [-0.39, 0.29) is 0 Å². The molecule has 2 aliphatic rings. The summed E-state index contributed by atoms with van der Waals surface area (Å²) in [4.78, 5) is 95.7. The number of hydrogen-bond acceptors (Lipinski definition) is 19. The molecule has 47 heavy (non-hydrogen) atoms. The van der Waals surface area contributed by atoms with Crippen LogP contribution < -0.4 is 36.8 Å². The highest BCUT2D eigenvalue weighted by molar-refractivity contribution is 7.59. The number of phosphoric acid groups is 2. The van der Waals surface area contributed by atoms with Gasteiger partial charge in [-0.05, 0) is 6.92 Å². The van der Waals surface area contributed by atoms with Gasteiger partial charge in [-0.2, -0.15) is 0 Å². The Kier molecular flexibility index (Phi) is 12.5. The third-order valence-electron chi connectivity index (χ3n) is 6.68. The van der Waals surface area contributed by atoms with E-state index in [9.17, 15) is 68.1 Å². The van der Waals surface area contributed by atoms with Crippen LogP contribution in [0.25, 0.3) is 0 Å². The number of aliphatic hydroxyl groups is 3. The van der Waals surface area contributed by atoms with E-state index in [4.69, 9.17) is 9.47 Å². The number of carbonyl (C=O) groups is 4. The third-order valence-corrected chi connectivity index (χ3v) is 9.21. The van der Waals surface area contributed by atoms with Gasteiger partial charge in [0.25, 0.3) is 21.2 Å². The molecule has 2 aliphatic heterocycles. The first-order valence-electron chi connectivity index (χ1n) is 13.3. The summed E-state index contributed by atoms with van der Waals surface area (Å²) >= 11 is 0. The summed E-state index contributed by atoms with van der Waals surface area (Å²) in [6, 6.07) is -2.30. The molecule has 11 atom stereocenters. The number of rotatable bonds is 14. The van der Waals surface area contributed by atoms with Crippen molar-refractivity contribution in [2.24, 2.45) is 0 Å². The minimum absolute atomic E-state index is 0.649. The second-order valence-corrected chi connectivity index (χ2v) is 13.1. The number of carboxylic acids is 1. The molecule has 6 N–H and O–H groups in total. The van der Waals surface area contributed by atoms with Crippen molar-refractivity contribution < 1.29 is 81.4 Å². The lowest BCUT2D eigenvalue weighted by Crippen LogP contribution is -2.67. The van der Waals surface area contributed by atoms with Crippen LogP contribution in [0, 0.1) is 0 Å². The molecule has 1 aromatic rings. The molecule has 264 valence electrons. The fourth-order valence-electron chi connectivity index (χ4n) is 4.49. The average Bonchev–Trinajstić information content (AvgIpc) is 3.22. The maximum atomic E-state index is 12.6. The third kappa shape index (κ3) is 10.2. The van der Waals surface area contributed by atoms with E-state index in [0.29, 0.717) is 4.57 Å². The van der Waals surface area contributed by atoms with Gasteiger partial charge in [-0.3, -0.25) is 42.4 Å². The van der Waals surface area contributed by atoms with Gasteiger partial charge in [0, 0.05) is 32.0 Å². The van der Waals surface area contributed by atoms with Crippen LogP contribution in [-0.2, 0) is 51.1 Å². The zero-order valence-corrected chi connectivity index (χ0v) is 26.0. The van der Waals surface area contributed by atoms with Crippen LogP contribution in [0.1, 0.15) is 32.9 Å². The quantitative estimate of drug-likeness (QED) is 0.0770. The molecular weight excluding hydrogens is 686 g/mol. The van der Waals surface area contributed by atoms with Gasteiger partial charge < -0.3 is 59.6 Å². The second kappa shape index (κ2) is 15.4. The Hall–Kier alpha value is -3.18. The van der Waals surface area contributed by atoms with E-state index in [1.807, 2.05) is 4.98 Å². The van der Waals surface area contributed by atoms with Crippen molar-refractivity contribution in [2.75, 3.05) is 6.61 Å². The maximum absolute atomic E-state index is 12.6. The Morgan fingerprint density at radius 1 is 1.00 bits per heavy atom. The smallest absolute Gasteiger partial charge is 0.330 e. The molecule has 0 radical (unpaired) electrons. The van der Waals surface area contributed by atoms with Crippen LogP contribution >= 0.6 is 15.6 Å². The predicted molar refractivity (Wildman–Crippen MR) is 140 cm³/mol. The van der Waals surface area contributed by atoms with Gasteiger partial charge in [0.1, 0.15) is 36.4 Å². The number of nitrogens with one attached hydrogen (secondary N) is 3. The number of carbonyl (C=O) groups excluding carboxylic acids is 4. The highest BCUT2D eigenvalue weighted by atomic mass is 31.3. The monoisotopic (exact) mass is 715 g/mol. The number of nitrogens with zero attached hydrogens (tertiary/aromatic N) is 1. The molecule has 2 fully saturated rings. The summed E-state index contributed by atoms with van der Waals surface area (Å²) in [5, 5.41) is 46.2. The number of aromatic amines is 1. The van der Waals surface area contributed by atoms with Crippen LogP contribution in [0.4, 0.5) is 0 Å². The van der Waals surface area contributed by atoms with Crippen molar-refractivity contribution >= 4 is 39.2 Å². The SMILES string of the molecule is CC(=O)N[C@H]1[C@@H](OP(=O)([O-])OP(=O)([O-])OC[C@H]2O[C@@H](n3ccc(=O)[nH]c3=O)[C@H](O)[C@@H]2O)O[C@@H](C)[C@H](NC(=O)CCC(=O)C(=O)[O-])[C@@H]1O. The van der Waals surface area contributed by atoms with Crippen LogP contribution in [0.3, 0.4) is 0 Å². The van der Waals surface area contributed by atoms with Gasteiger partial charge in [-0.15, -0.1) is 0 Å². The van der Waals surface area contributed by atoms with E-state index < -0.39 is 125 Å². The van der Waals surface area contributed by atoms with E-state index in [1.165, 1.54) is 6.92 Å². The van der Waals surface area contributed by atoms with Gasteiger partial charge in [0.05, 0.1) is 18.8 Å². The lowest BCUT2D eigenvalue weighted by molar-refractivity contribution is -0.300. The molecule has 1 aromatic heterocycles. The number of aliphatic hydroxyl groups excluding tert-OH is 3. The van der Waals surface area contributed by atoms with E-state index in [2.05, 4.69) is 24.0 Å². The molecule has 0 saturated carbocycles. The summed E-state index contributed by atoms with van der Waals surface area (Å²) in [6.07, 6.45) is -12.8. The normalized spacial score (nSPS) is 31.7. The van der Waals surface area contributed by atoms with Crippen LogP contribution in [0.5, 0.6) is 0 Å². The molecule has 25 heteroatoms. The molecule has 0 spiro atoms. The lowest BCUT2D eigenvalue weighted by Gasteiger charge is -2.45. The number of aromatic nitrogens is 2. The fraction of sp³-hybridized carbons (Fsp3) is 0.636. The summed E-state index contributed by atoms with van der Waals surface area (Å²) in [5.41, 5.74) is -1.83. The van der Waals surface area contributed by atoms with Crippen molar-refractivity contribution in [1.29, 1.82) is 0 Å². The first-order valence-corrected chi connectivity index (χ1v) is 16.3. The van der Waals surface area contributed by atoms with Crippen molar-refractivity contribution in [3.05, 3.63) is 33.1 Å². The molecule has 2 saturated heterocycles. The molecular formula is C22H29N4O19P2-3. The van der Waals surface area contributed by atoms with Crippen molar-refractivity contribution in [3.63, 3.8) is 0 Å². The standard InChI is InChI=1S/C22H32N4O19P2/c1-8-14(24-12(29)4-3-10(28)20(34)35)17(32)15(23-9(2)27)21(42-8)44-47(39,40)45-46(37,38)41-7-11-16(31)18(33)19(43-11)26-6-5-13(30)25-22(26)36/h5-6,8,11,14-19,21,31-33H,3-4,7H2,1-2H3,(H,23,27)(H,24,29)(H,34,35)(H,37,38)(H,39,40)(H,25,30,36)/p-3/t8-,11+,14-,15+,16+,17-,18+,19+,21+/m0/s1. The first-order chi connectivity index (χ1) is 21.7. The number of aliphatic carboxylic acids is 1. The fourth-order valence-corrected chi connectivity index (χ4v) is 6.58. The number of carboxylic acid groups (broad SMARTS) is 1. The lowest BCUT2D eigenvalue weighted by atomic mass is 9.94. The second-order valence-electron chi connectivity index (χ2n) is 10.2. The molecule has 2 amide bonds. The first kappa shape index (κ1) is 38.3. The van der Waals surface area contributed by atoms with Gasteiger partial charge in [-0.1, -0.05) is 0 Å². The van der Waals surface area contributed by atoms with E-state index >= 15 is 0 Å². The average molecular weight is 715 g/mol. The van der Waals surface area contributed by atoms with Crippen molar-refractivity contribution in [2.45, 2.75) is 81.8 Å². The molecule has 0 aromatic carbocycles. The van der Waals surface area contributed by atoms with Crippen molar-refractivity contribution in [1.82, 2.24) is 20.2 Å². The van der Waals surface area contributed by atoms with Gasteiger partial charge in [-0.25, -0.2) is 9.11 Å². The number of phosphoric ester groups is 2. The largest absolute Gasteiger partial charge is 0.756 e. The molecule has 0 bridgehead atoms. The van der Waals surface area contributed by atoms with Gasteiger partial charge in [0.15, 0.2) is 18.3 Å². The van der Waals surface area contributed by atoms with E-state index in [0.717, 1.165) is 19.2 Å². The van der Waals surface area contributed by atoms with Crippen LogP contribution in [0.2, 0.25) is 0 Å². The predicted octanol–water partition coefficient (Wildman–Crippen LogP) is -6.66. The van der Waals surface area contributed by atoms with Crippen molar-refractivity contribution in [3.8, 4) is 0 Å². The summed E-state index contributed by atoms with van der Waals surface area (Å²) in [7, 11) is -11.9. The minimum Gasteiger partial charge on any atom is -0.756 e. The minimum atomic E-state index is -6.01. The molecule has 3 rings (SSSR count). The number of ketones is 1. The summed E-state index contributed by atoms with van der Waals surface area (Å²) in [6.45, 7) is 0.991. The molecule has 2 unspecified atom stereocenters. The summed E-state index contributed by atoms with van der Waals surface area (Å²) in [5.74, 6) is -5.21. The maximum Gasteiger partial charge on any atom is 0.330 e. The van der Waals surface area contributed by atoms with Crippen LogP contribution in [-0.4, -0.2) is 104 Å². The Morgan fingerprint density at radius 2 is 1.66 bits per heavy atom. The molecule has 23 nitrogen and oxygen atoms in total. The Bertz CT molecular complexity index is 1560. The Balaban J connectivity index is 1.64. The zero-order valence-electron chi connectivity index (χ0n) is 24.2. The molecule has 0 aliphatic carbocycles. The zero-order chi connectivity index (χ0) is 35.4. The number of Topliss-reactive ketones (excluding diaryl/α,β-unsaturated/α-hetero) is 1. The Labute approximate surface area is 262 Å². The number of H-pyrrole nitrogens is 1. The highest BCUT2D eigenvalue weighted by Crippen LogP contribution is 2.57. The van der Waals surface area contributed by atoms with E-state index in [1.54, 1.807) is 0 Å². The number of hydrogen-bond donors (Lipinski definition) is 6. The topological polar surface area (TPSA) is 357 Å². The number of amides is 2. The molecule has 3 heterocycles. The number of ether oxygens (including phenoxy) is 2. The summed E-state index contributed by atoms with van der Waals surface area (Å²) < 4.78 is 49.3. The Morgan fingerprint density at radius 3 is 2.26 bits per heavy atom.